The summed E-state index contributed by atoms with van der Waals surface area (Å²) in [6.45, 7) is -1.08. The molecule has 5 nitrogen and oxygen atoms in total. The monoisotopic (exact) mass is 661 g/mol. The second kappa shape index (κ2) is 12.6. The van der Waals surface area contributed by atoms with E-state index < -0.39 is 87.0 Å². The highest BCUT2D eigenvalue weighted by atomic mass is 35.5. The van der Waals surface area contributed by atoms with E-state index in [-0.39, 0.29) is 22.2 Å². The summed E-state index contributed by atoms with van der Waals surface area (Å²) >= 11 is 17.2. The van der Waals surface area contributed by atoms with Gasteiger partial charge in [0.1, 0.15) is 24.3 Å². The molecule has 0 saturated heterocycles. The van der Waals surface area contributed by atoms with Gasteiger partial charge in [0, 0.05) is 5.56 Å². The number of allylic oxidation sites excluding steroid dienone is 1. The SMILES string of the molecule is C[C@@H](NC(=O)c1ccc(/C(F)=C/C(c2cc(Cl)c(Cl)c(Cl)c2)C(F)(F)F)cc1C(F)(F)F)C(=O)N(N)CC(F)(F)F. The lowest BCUT2D eigenvalue weighted by molar-refractivity contribution is -0.162. The van der Waals surface area contributed by atoms with Crippen molar-refractivity contribution in [2.45, 2.75) is 37.4 Å². The lowest BCUT2D eigenvalue weighted by Crippen LogP contribution is -2.52. The molecule has 2 amide bonds. The molecule has 0 aliphatic rings. The van der Waals surface area contributed by atoms with E-state index in [1.807, 2.05) is 0 Å². The van der Waals surface area contributed by atoms with E-state index in [0.717, 1.165) is 19.1 Å². The first kappa shape index (κ1) is 34.5. The van der Waals surface area contributed by atoms with Crippen LogP contribution in [0.1, 0.15) is 39.9 Å². The molecule has 2 rings (SSSR count). The highest BCUT2D eigenvalue weighted by Gasteiger charge is 2.41. The lowest BCUT2D eigenvalue weighted by Gasteiger charge is -2.23. The van der Waals surface area contributed by atoms with E-state index in [0.29, 0.717) is 12.1 Å². The van der Waals surface area contributed by atoms with Crippen molar-refractivity contribution < 1.29 is 53.5 Å². The van der Waals surface area contributed by atoms with Crippen molar-refractivity contribution in [1.82, 2.24) is 10.3 Å². The Balaban J connectivity index is 2.47. The normalized spacial score (nSPS) is 14.5. The molecule has 0 spiro atoms. The third-order valence-electron chi connectivity index (χ3n) is 5.23. The van der Waals surface area contributed by atoms with Gasteiger partial charge in [0.25, 0.3) is 11.8 Å². The van der Waals surface area contributed by atoms with Gasteiger partial charge < -0.3 is 5.32 Å². The Kier molecular flexibility index (Phi) is 10.6. The molecule has 0 bridgehead atoms. The number of carbonyl (C=O) groups excluding carboxylic acids is 2. The van der Waals surface area contributed by atoms with Crippen molar-refractivity contribution in [1.29, 1.82) is 0 Å². The predicted molar refractivity (Wildman–Crippen MR) is 130 cm³/mol. The van der Waals surface area contributed by atoms with Gasteiger partial charge in [-0.15, -0.1) is 0 Å². The molecule has 0 aliphatic heterocycles. The number of amides is 2. The van der Waals surface area contributed by atoms with Gasteiger partial charge in [0.15, 0.2) is 0 Å². The first-order valence-corrected chi connectivity index (χ1v) is 11.9. The van der Waals surface area contributed by atoms with Crippen molar-refractivity contribution in [3.8, 4) is 0 Å². The fourth-order valence-electron chi connectivity index (χ4n) is 3.36. The maximum atomic E-state index is 15.0. The zero-order valence-corrected chi connectivity index (χ0v) is 22.3. The quantitative estimate of drug-likeness (QED) is 0.105. The Morgan fingerprint density at radius 1 is 0.976 bits per heavy atom. The second-order valence-corrected chi connectivity index (χ2v) is 9.56. The van der Waals surface area contributed by atoms with Crippen LogP contribution in [0.15, 0.2) is 36.4 Å². The molecular formula is C23H16Cl3F10N3O2. The molecule has 2 aromatic rings. The highest BCUT2D eigenvalue weighted by Crippen LogP contribution is 2.42. The maximum absolute atomic E-state index is 15.0. The Hall–Kier alpha value is -2.75. The standard InChI is InChI=1S/C23H16Cl3F10N3O2/c1-9(20(41)39(37)8-21(28,29)30)38-19(40)12-3-2-10(4-14(12)23(34,35)36)17(27)7-13(22(31,32)33)11-5-15(24)18(26)16(25)6-11/h2-7,9,13H,8,37H2,1H3,(H,38,40)/b17-7-/t9-,13?/m1/s1. The lowest BCUT2D eigenvalue weighted by atomic mass is 9.95. The van der Waals surface area contributed by atoms with Crippen LogP contribution in [-0.4, -0.2) is 41.8 Å². The fourth-order valence-corrected chi connectivity index (χ4v) is 3.97. The molecule has 0 fully saturated rings. The van der Waals surface area contributed by atoms with E-state index in [9.17, 15) is 53.5 Å². The molecule has 3 N–H and O–H groups in total. The molecule has 41 heavy (non-hydrogen) atoms. The minimum absolute atomic E-state index is 0.0393. The van der Waals surface area contributed by atoms with Gasteiger partial charge in [-0.05, 0) is 42.8 Å². The smallest absolute Gasteiger partial charge is 0.340 e. The summed E-state index contributed by atoms with van der Waals surface area (Å²) < 4.78 is 135. The molecular weight excluding hydrogens is 647 g/mol. The Bertz CT molecular complexity index is 1320. The van der Waals surface area contributed by atoms with E-state index in [2.05, 4.69) is 0 Å². The average molecular weight is 663 g/mol. The minimum Gasteiger partial charge on any atom is -0.340 e. The van der Waals surface area contributed by atoms with Crippen LogP contribution in [0.3, 0.4) is 0 Å². The molecule has 2 aromatic carbocycles. The molecule has 0 aliphatic carbocycles. The van der Waals surface area contributed by atoms with Crippen LogP contribution in [0.25, 0.3) is 5.83 Å². The molecule has 226 valence electrons. The topological polar surface area (TPSA) is 75.4 Å². The van der Waals surface area contributed by atoms with Crippen LogP contribution in [-0.2, 0) is 11.0 Å². The van der Waals surface area contributed by atoms with Gasteiger partial charge in [0.2, 0.25) is 0 Å². The number of hydrogen-bond donors (Lipinski definition) is 2. The average Bonchev–Trinajstić information content (AvgIpc) is 2.82. The van der Waals surface area contributed by atoms with Crippen LogP contribution in [0, 0.1) is 0 Å². The molecule has 0 saturated carbocycles. The number of alkyl halides is 9. The fraction of sp³-hybridized carbons (Fsp3) is 0.304. The number of nitrogens with two attached hydrogens (primary N) is 1. The number of hydrogen-bond acceptors (Lipinski definition) is 3. The summed E-state index contributed by atoms with van der Waals surface area (Å²) in [5.74, 6) is -2.65. The first-order chi connectivity index (χ1) is 18.5. The number of nitrogens with one attached hydrogen (secondary N) is 1. The van der Waals surface area contributed by atoms with Crippen molar-refractivity contribution in [2.24, 2.45) is 5.84 Å². The second-order valence-electron chi connectivity index (χ2n) is 8.37. The molecule has 2 atom stereocenters. The minimum atomic E-state index is -5.37. The summed E-state index contributed by atoms with van der Waals surface area (Å²) in [6, 6.07) is 0.653. The van der Waals surface area contributed by atoms with Crippen LogP contribution >= 0.6 is 34.8 Å². The van der Waals surface area contributed by atoms with Crippen LogP contribution in [0.2, 0.25) is 15.1 Å². The van der Waals surface area contributed by atoms with Crippen molar-refractivity contribution in [3.05, 3.63) is 73.7 Å². The van der Waals surface area contributed by atoms with Crippen molar-refractivity contribution in [3.63, 3.8) is 0 Å². The summed E-state index contributed by atoms with van der Waals surface area (Å²) in [4.78, 5) is 24.4. The number of rotatable bonds is 7. The molecule has 1 unspecified atom stereocenters. The number of halogens is 13. The highest BCUT2D eigenvalue weighted by molar-refractivity contribution is 6.48. The van der Waals surface area contributed by atoms with E-state index in [4.69, 9.17) is 40.6 Å². The first-order valence-electron chi connectivity index (χ1n) is 10.8. The number of carbonyl (C=O) groups is 2. The number of benzene rings is 2. The Labute approximate surface area is 239 Å². The molecule has 18 heteroatoms. The Morgan fingerprint density at radius 2 is 1.51 bits per heavy atom. The van der Waals surface area contributed by atoms with Crippen molar-refractivity contribution in [2.75, 3.05) is 6.54 Å². The summed E-state index contributed by atoms with van der Waals surface area (Å²) in [7, 11) is 0. The van der Waals surface area contributed by atoms with E-state index in [1.165, 1.54) is 0 Å². The summed E-state index contributed by atoms with van der Waals surface area (Å²) in [6.07, 6.45) is -15.5. The van der Waals surface area contributed by atoms with Crippen LogP contribution in [0.5, 0.6) is 0 Å². The third-order valence-corrected chi connectivity index (χ3v) is 6.42. The Morgan fingerprint density at radius 3 is 1.98 bits per heavy atom. The van der Waals surface area contributed by atoms with Crippen LogP contribution in [0.4, 0.5) is 43.9 Å². The number of hydrazine groups is 1. The van der Waals surface area contributed by atoms with E-state index >= 15 is 0 Å². The zero-order chi connectivity index (χ0) is 31.7. The summed E-state index contributed by atoms with van der Waals surface area (Å²) in [5, 5.41) is 0.330. The van der Waals surface area contributed by atoms with Gasteiger partial charge in [-0.3, -0.25) is 14.6 Å². The molecule has 0 heterocycles. The van der Waals surface area contributed by atoms with Gasteiger partial charge >= 0.3 is 18.5 Å². The predicted octanol–water partition coefficient (Wildman–Crippen LogP) is 7.71. The van der Waals surface area contributed by atoms with E-state index in [1.54, 1.807) is 5.32 Å². The van der Waals surface area contributed by atoms with Gasteiger partial charge in [0.05, 0.1) is 26.2 Å². The third kappa shape index (κ3) is 9.12. The van der Waals surface area contributed by atoms with Gasteiger partial charge in [-0.2, -0.15) is 39.5 Å². The zero-order valence-electron chi connectivity index (χ0n) is 20.1. The molecule has 0 aromatic heterocycles. The molecule has 0 radical (unpaired) electrons. The van der Waals surface area contributed by atoms with Gasteiger partial charge in [-0.1, -0.05) is 40.9 Å². The maximum Gasteiger partial charge on any atom is 0.417 e. The van der Waals surface area contributed by atoms with Gasteiger partial charge in [-0.25, -0.2) is 10.2 Å². The van der Waals surface area contributed by atoms with Crippen molar-refractivity contribution >= 4 is 52.4 Å². The number of nitrogens with zero attached hydrogens (tertiary/aromatic N) is 1. The largest absolute Gasteiger partial charge is 0.417 e. The summed E-state index contributed by atoms with van der Waals surface area (Å²) in [5.41, 5.74) is -4.73. The van der Waals surface area contributed by atoms with Crippen LogP contribution < -0.4 is 11.2 Å².